The molecule has 0 aliphatic rings. The molecule has 9 heteroatoms. The summed E-state index contributed by atoms with van der Waals surface area (Å²) < 4.78 is 41.2. The molecule has 180 valence electrons. The molecule has 0 radical (unpaired) electrons. The van der Waals surface area contributed by atoms with Crippen molar-refractivity contribution >= 4 is 22.6 Å². The van der Waals surface area contributed by atoms with Gasteiger partial charge in [0, 0.05) is 24.0 Å². The van der Waals surface area contributed by atoms with Gasteiger partial charge in [-0.2, -0.15) is 13.2 Å². The molecule has 1 heterocycles. The largest absolute Gasteiger partial charge is 0.507 e. The number of hydrogen-bond acceptors (Lipinski definition) is 3. The zero-order chi connectivity index (χ0) is 25.3. The summed E-state index contributed by atoms with van der Waals surface area (Å²) >= 11 is 0. The standard InChI is InChI=1S/C26H23F3N4O2/c1-15-8-17(11-19(9-15)26(27,28)29)13-32-25(35)22-12-20-21(6-3-7-23(20)34)33(22)14-16-4-2-5-18(10-16)24(30)31/h2-12,34H,13-14H2,1H3,(H3,30,31)(H,32,35). The van der Waals surface area contributed by atoms with Crippen LogP contribution in [0.2, 0.25) is 0 Å². The second kappa shape index (κ2) is 9.17. The van der Waals surface area contributed by atoms with Crippen LogP contribution < -0.4 is 11.1 Å². The molecule has 0 aliphatic carbocycles. The number of hydrogen-bond donors (Lipinski definition) is 4. The third-order valence-corrected chi connectivity index (χ3v) is 5.65. The van der Waals surface area contributed by atoms with E-state index in [0.717, 1.165) is 17.7 Å². The van der Waals surface area contributed by atoms with Crippen molar-refractivity contribution in [3.63, 3.8) is 0 Å². The molecular weight excluding hydrogens is 457 g/mol. The maximum atomic E-state index is 13.2. The molecule has 0 fully saturated rings. The van der Waals surface area contributed by atoms with Crippen LogP contribution in [0.15, 0.2) is 66.7 Å². The highest BCUT2D eigenvalue weighted by Crippen LogP contribution is 2.31. The molecule has 1 aromatic heterocycles. The topological polar surface area (TPSA) is 104 Å². The van der Waals surface area contributed by atoms with Gasteiger partial charge in [-0.3, -0.25) is 10.2 Å². The number of nitrogen functional groups attached to an aromatic ring is 1. The van der Waals surface area contributed by atoms with Gasteiger partial charge in [-0.05, 0) is 54.4 Å². The Bertz CT molecular complexity index is 1440. The van der Waals surface area contributed by atoms with Crippen LogP contribution in [0, 0.1) is 12.3 Å². The summed E-state index contributed by atoms with van der Waals surface area (Å²) in [6, 6.07) is 17.2. The van der Waals surface area contributed by atoms with Crippen molar-refractivity contribution in [3.8, 4) is 5.75 Å². The molecule has 4 rings (SSSR count). The summed E-state index contributed by atoms with van der Waals surface area (Å²) in [5.41, 5.74) is 7.74. The number of halogens is 3. The van der Waals surface area contributed by atoms with E-state index in [1.807, 2.05) is 6.07 Å². The predicted molar refractivity (Wildman–Crippen MR) is 128 cm³/mol. The van der Waals surface area contributed by atoms with E-state index in [9.17, 15) is 23.1 Å². The Hall–Kier alpha value is -4.27. The summed E-state index contributed by atoms with van der Waals surface area (Å²) in [6.07, 6.45) is -4.48. The fourth-order valence-electron chi connectivity index (χ4n) is 4.05. The van der Waals surface area contributed by atoms with Crippen LogP contribution in [-0.2, 0) is 19.3 Å². The minimum absolute atomic E-state index is 0.00119. The molecule has 0 bridgehead atoms. The number of rotatable bonds is 6. The normalized spacial score (nSPS) is 11.5. The average molecular weight is 480 g/mol. The van der Waals surface area contributed by atoms with E-state index in [2.05, 4.69) is 5.32 Å². The van der Waals surface area contributed by atoms with Crippen molar-refractivity contribution in [1.82, 2.24) is 9.88 Å². The highest BCUT2D eigenvalue weighted by Gasteiger charge is 2.31. The highest BCUT2D eigenvalue weighted by atomic mass is 19.4. The Morgan fingerprint density at radius 3 is 2.51 bits per heavy atom. The third kappa shape index (κ3) is 5.13. The molecule has 0 aliphatic heterocycles. The second-order valence-corrected chi connectivity index (χ2v) is 8.33. The van der Waals surface area contributed by atoms with Gasteiger partial charge in [0.15, 0.2) is 0 Å². The van der Waals surface area contributed by atoms with Gasteiger partial charge < -0.3 is 20.7 Å². The first-order valence-electron chi connectivity index (χ1n) is 10.7. The van der Waals surface area contributed by atoms with Crippen LogP contribution in [0.5, 0.6) is 5.75 Å². The van der Waals surface area contributed by atoms with Crippen molar-refractivity contribution in [2.45, 2.75) is 26.2 Å². The number of nitrogens with two attached hydrogens (primary N) is 1. The number of phenols is 1. The van der Waals surface area contributed by atoms with Gasteiger partial charge >= 0.3 is 6.18 Å². The van der Waals surface area contributed by atoms with Crippen molar-refractivity contribution < 1.29 is 23.1 Å². The van der Waals surface area contributed by atoms with Crippen LogP contribution in [0.4, 0.5) is 13.2 Å². The van der Waals surface area contributed by atoms with Gasteiger partial charge in [0.1, 0.15) is 17.3 Å². The molecule has 0 atom stereocenters. The van der Waals surface area contributed by atoms with Crippen molar-refractivity contribution in [2.75, 3.05) is 0 Å². The Kier molecular flexibility index (Phi) is 6.26. The van der Waals surface area contributed by atoms with Crippen LogP contribution in [-0.4, -0.2) is 21.4 Å². The van der Waals surface area contributed by atoms with E-state index < -0.39 is 17.6 Å². The van der Waals surface area contributed by atoms with Crippen LogP contribution >= 0.6 is 0 Å². The van der Waals surface area contributed by atoms with E-state index in [-0.39, 0.29) is 30.4 Å². The number of nitrogens with one attached hydrogen (secondary N) is 2. The number of amidine groups is 1. The average Bonchev–Trinajstić information content (AvgIpc) is 3.16. The summed E-state index contributed by atoms with van der Waals surface area (Å²) in [7, 11) is 0. The van der Waals surface area contributed by atoms with Crippen molar-refractivity contribution in [2.24, 2.45) is 5.73 Å². The Labute approximate surface area is 199 Å². The number of carbonyl (C=O) groups excluding carboxylic acids is 1. The lowest BCUT2D eigenvalue weighted by Crippen LogP contribution is -2.26. The summed E-state index contributed by atoms with van der Waals surface area (Å²) in [5.74, 6) is -0.587. The van der Waals surface area contributed by atoms with Gasteiger partial charge in [-0.1, -0.05) is 35.9 Å². The number of fused-ring (bicyclic) bond motifs is 1. The molecule has 0 saturated carbocycles. The maximum Gasteiger partial charge on any atom is 0.416 e. The summed E-state index contributed by atoms with van der Waals surface area (Å²) in [6.45, 7) is 1.72. The molecule has 4 aromatic rings. The molecule has 0 spiro atoms. The second-order valence-electron chi connectivity index (χ2n) is 8.33. The number of aromatic hydroxyl groups is 1. The SMILES string of the molecule is Cc1cc(CNC(=O)c2cc3c(O)cccc3n2Cc2cccc(C(=N)N)c2)cc(C(F)(F)F)c1. The van der Waals surface area contributed by atoms with Gasteiger partial charge in [0.05, 0.1) is 11.1 Å². The number of aromatic nitrogens is 1. The smallest absolute Gasteiger partial charge is 0.416 e. The van der Waals surface area contributed by atoms with Crippen LogP contribution in [0.25, 0.3) is 10.9 Å². The number of nitrogens with zero attached hydrogens (tertiary/aromatic N) is 1. The minimum Gasteiger partial charge on any atom is -0.507 e. The number of carbonyl (C=O) groups is 1. The van der Waals surface area contributed by atoms with Gasteiger partial charge in [-0.25, -0.2) is 0 Å². The Morgan fingerprint density at radius 2 is 1.80 bits per heavy atom. The predicted octanol–water partition coefficient (Wildman–Crippen LogP) is 4.94. The quantitative estimate of drug-likeness (QED) is 0.232. The van der Waals surface area contributed by atoms with Gasteiger partial charge in [0.2, 0.25) is 0 Å². The maximum absolute atomic E-state index is 13.2. The molecule has 0 saturated heterocycles. The summed E-state index contributed by atoms with van der Waals surface area (Å²) in [5, 5.41) is 21.1. The fourth-order valence-corrected chi connectivity index (χ4v) is 4.05. The van der Waals surface area contributed by atoms with Crippen LogP contribution in [0.3, 0.4) is 0 Å². The lowest BCUT2D eigenvalue weighted by atomic mass is 10.1. The first-order chi connectivity index (χ1) is 16.5. The van der Waals surface area contributed by atoms with Gasteiger partial charge in [0.25, 0.3) is 5.91 Å². The first-order valence-corrected chi connectivity index (χ1v) is 10.7. The van der Waals surface area contributed by atoms with E-state index in [0.29, 0.717) is 27.6 Å². The lowest BCUT2D eigenvalue weighted by Gasteiger charge is -2.14. The number of alkyl halides is 3. The number of benzene rings is 3. The monoisotopic (exact) mass is 480 g/mol. The number of aryl methyl sites for hydroxylation is 1. The zero-order valence-electron chi connectivity index (χ0n) is 18.8. The molecule has 5 N–H and O–H groups in total. The molecule has 0 unspecified atom stereocenters. The van der Waals surface area contributed by atoms with Gasteiger partial charge in [-0.15, -0.1) is 0 Å². The Balaban J connectivity index is 1.67. The third-order valence-electron chi connectivity index (χ3n) is 5.65. The van der Waals surface area contributed by atoms with E-state index in [1.165, 1.54) is 6.07 Å². The molecule has 35 heavy (non-hydrogen) atoms. The van der Waals surface area contributed by atoms with E-state index in [4.69, 9.17) is 11.1 Å². The van der Waals surface area contributed by atoms with Crippen molar-refractivity contribution in [1.29, 1.82) is 5.41 Å². The van der Waals surface area contributed by atoms with E-state index in [1.54, 1.807) is 54.0 Å². The Morgan fingerprint density at radius 1 is 1.06 bits per heavy atom. The molecule has 1 amide bonds. The molecule has 3 aromatic carbocycles. The fraction of sp³-hybridized carbons (Fsp3) is 0.154. The first kappa shape index (κ1) is 23.9. The molecular formula is C26H23F3N4O2. The number of amides is 1. The lowest BCUT2D eigenvalue weighted by molar-refractivity contribution is -0.137. The number of phenolic OH excluding ortho intramolecular Hbond substituents is 1. The zero-order valence-corrected chi connectivity index (χ0v) is 18.8. The molecule has 6 nitrogen and oxygen atoms in total. The minimum atomic E-state index is -4.48. The van der Waals surface area contributed by atoms with Crippen molar-refractivity contribution in [3.05, 3.63) is 100 Å². The van der Waals surface area contributed by atoms with Crippen LogP contribution in [0.1, 0.15) is 38.3 Å². The highest BCUT2D eigenvalue weighted by molar-refractivity contribution is 6.00. The van der Waals surface area contributed by atoms with E-state index >= 15 is 0 Å². The summed E-state index contributed by atoms with van der Waals surface area (Å²) in [4.78, 5) is 13.2.